The number of hydrogen-bond acceptors (Lipinski definition) is 3. The smallest absolute Gasteiger partial charge is 0.121 e. The van der Waals surface area contributed by atoms with Crippen molar-refractivity contribution >= 4 is 5.69 Å². The Kier molecular flexibility index (Phi) is 3.67. The van der Waals surface area contributed by atoms with Crippen molar-refractivity contribution < 1.29 is 5.11 Å². The highest BCUT2D eigenvalue weighted by Gasteiger charge is 2.11. The van der Waals surface area contributed by atoms with Crippen LogP contribution in [-0.2, 0) is 0 Å². The van der Waals surface area contributed by atoms with Crippen molar-refractivity contribution in [1.82, 2.24) is 4.98 Å². The number of aliphatic hydroxyl groups excluding tert-OH is 1. The van der Waals surface area contributed by atoms with E-state index in [1.807, 2.05) is 66.7 Å². The average molecular weight is 276 g/mol. The number of aliphatic hydroxyl groups is 1. The van der Waals surface area contributed by atoms with Gasteiger partial charge in [-0.25, -0.2) is 0 Å². The van der Waals surface area contributed by atoms with E-state index in [4.69, 9.17) is 5.73 Å². The van der Waals surface area contributed by atoms with Crippen LogP contribution in [0.2, 0.25) is 0 Å². The second kappa shape index (κ2) is 5.77. The van der Waals surface area contributed by atoms with Crippen LogP contribution >= 0.6 is 0 Å². The second-order valence-corrected chi connectivity index (χ2v) is 4.91. The monoisotopic (exact) mass is 276 g/mol. The van der Waals surface area contributed by atoms with Gasteiger partial charge in [-0.1, -0.05) is 48.5 Å². The van der Waals surface area contributed by atoms with E-state index < -0.39 is 6.10 Å². The Labute approximate surface area is 123 Å². The molecule has 0 fully saturated rings. The number of nitrogen functional groups attached to an aromatic ring is 1. The van der Waals surface area contributed by atoms with Crippen LogP contribution < -0.4 is 5.73 Å². The van der Waals surface area contributed by atoms with Crippen LogP contribution in [-0.4, -0.2) is 10.1 Å². The van der Waals surface area contributed by atoms with Gasteiger partial charge in [-0.2, -0.15) is 0 Å². The van der Waals surface area contributed by atoms with Crippen molar-refractivity contribution in [3.8, 4) is 11.1 Å². The molecule has 3 nitrogen and oxygen atoms in total. The van der Waals surface area contributed by atoms with Gasteiger partial charge in [0.25, 0.3) is 0 Å². The number of pyridine rings is 1. The summed E-state index contributed by atoms with van der Waals surface area (Å²) in [5.41, 5.74) is 9.95. The molecule has 0 radical (unpaired) electrons. The first-order valence-corrected chi connectivity index (χ1v) is 6.79. The first kappa shape index (κ1) is 13.3. The lowest BCUT2D eigenvalue weighted by Gasteiger charge is -2.11. The summed E-state index contributed by atoms with van der Waals surface area (Å²) in [4.78, 5) is 4.37. The Morgan fingerprint density at radius 1 is 0.810 bits per heavy atom. The van der Waals surface area contributed by atoms with Gasteiger partial charge < -0.3 is 10.8 Å². The number of benzene rings is 2. The molecule has 1 unspecified atom stereocenters. The zero-order valence-electron chi connectivity index (χ0n) is 11.5. The van der Waals surface area contributed by atoms with Crippen LogP contribution in [0.5, 0.6) is 0 Å². The molecule has 0 aliphatic rings. The first-order valence-electron chi connectivity index (χ1n) is 6.79. The molecule has 0 aliphatic heterocycles. The Hall–Kier alpha value is -2.65. The minimum absolute atomic E-state index is 0.639. The zero-order valence-corrected chi connectivity index (χ0v) is 11.5. The van der Waals surface area contributed by atoms with Crippen molar-refractivity contribution in [3.63, 3.8) is 0 Å². The van der Waals surface area contributed by atoms with Crippen molar-refractivity contribution in [3.05, 3.63) is 84.2 Å². The third-order valence-corrected chi connectivity index (χ3v) is 3.43. The Bertz CT molecular complexity index is 706. The van der Waals surface area contributed by atoms with Crippen LogP contribution in [0.25, 0.3) is 11.1 Å². The van der Waals surface area contributed by atoms with Crippen molar-refractivity contribution in [2.45, 2.75) is 6.10 Å². The lowest BCUT2D eigenvalue weighted by molar-refractivity contribution is 0.215. The van der Waals surface area contributed by atoms with E-state index in [1.54, 1.807) is 6.20 Å². The van der Waals surface area contributed by atoms with E-state index in [9.17, 15) is 5.11 Å². The minimum atomic E-state index is -0.702. The fourth-order valence-corrected chi connectivity index (χ4v) is 2.22. The summed E-state index contributed by atoms with van der Waals surface area (Å²) in [7, 11) is 0. The first-order chi connectivity index (χ1) is 10.2. The summed E-state index contributed by atoms with van der Waals surface area (Å²) >= 11 is 0. The molecule has 0 amide bonds. The SMILES string of the molecule is Nc1ccc(-c2ccc(C(O)c3ccccc3)nc2)cc1. The predicted octanol–water partition coefficient (Wildman–Crippen LogP) is 3.41. The molecular weight excluding hydrogens is 260 g/mol. The number of nitrogens with two attached hydrogens (primary N) is 1. The highest BCUT2D eigenvalue weighted by Crippen LogP contribution is 2.24. The quantitative estimate of drug-likeness (QED) is 0.721. The maximum atomic E-state index is 10.3. The molecular formula is C18H16N2O. The topological polar surface area (TPSA) is 59.1 Å². The maximum absolute atomic E-state index is 10.3. The van der Waals surface area contributed by atoms with Crippen molar-refractivity contribution in [2.24, 2.45) is 0 Å². The lowest BCUT2D eigenvalue weighted by atomic mass is 10.0. The molecule has 1 heterocycles. The van der Waals surface area contributed by atoms with E-state index in [2.05, 4.69) is 4.98 Å². The van der Waals surface area contributed by atoms with Crippen LogP contribution in [0.4, 0.5) is 5.69 Å². The van der Waals surface area contributed by atoms with Crippen LogP contribution in [0.3, 0.4) is 0 Å². The lowest BCUT2D eigenvalue weighted by Crippen LogP contribution is -2.01. The van der Waals surface area contributed by atoms with E-state index in [0.29, 0.717) is 5.69 Å². The molecule has 3 heteroatoms. The summed E-state index contributed by atoms with van der Waals surface area (Å²) in [5.74, 6) is 0. The molecule has 0 spiro atoms. The summed E-state index contributed by atoms with van der Waals surface area (Å²) < 4.78 is 0. The summed E-state index contributed by atoms with van der Waals surface area (Å²) in [6.45, 7) is 0. The molecule has 0 saturated heterocycles. The van der Waals surface area contributed by atoms with E-state index in [1.165, 1.54) is 0 Å². The summed E-state index contributed by atoms with van der Waals surface area (Å²) in [6, 6.07) is 21.0. The fourth-order valence-electron chi connectivity index (χ4n) is 2.22. The minimum Gasteiger partial charge on any atom is -0.399 e. The number of rotatable bonds is 3. The molecule has 3 aromatic rings. The molecule has 21 heavy (non-hydrogen) atoms. The van der Waals surface area contributed by atoms with Gasteiger partial charge in [-0.3, -0.25) is 4.98 Å². The predicted molar refractivity (Wildman–Crippen MR) is 84.6 cm³/mol. The summed E-state index contributed by atoms with van der Waals surface area (Å²) in [6.07, 6.45) is 1.07. The average Bonchev–Trinajstić information content (AvgIpc) is 2.56. The van der Waals surface area contributed by atoms with Gasteiger partial charge in [0.2, 0.25) is 0 Å². The van der Waals surface area contributed by atoms with Crippen LogP contribution in [0, 0.1) is 0 Å². The van der Waals surface area contributed by atoms with E-state index in [0.717, 1.165) is 22.4 Å². The molecule has 0 saturated carbocycles. The Morgan fingerprint density at radius 3 is 2.10 bits per heavy atom. The summed E-state index contributed by atoms with van der Waals surface area (Å²) in [5, 5.41) is 10.3. The molecule has 1 atom stereocenters. The van der Waals surface area contributed by atoms with Gasteiger partial charge in [0.1, 0.15) is 6.10 Å². The third kappa shape index (κ3) is 2.93. The molecule has 3 N–H and O–H groups in total. The standard InChI is InChI=1S/C18H16N2O/c19-16-9-6-13(7-10-16)15-8-11-17(20-12-15)18(21)14-4-2-1-3-5-14/h1-12,18,21H,19H2. The van der Waals surface area contributed by atoms with Gasteiger partial charge in [0.15, 0.2) is 0 Å². The fraction of sp³-hybridized carbons (Fsp3) is 0.0556. The Balaban J connectivity index is 1.85. The van der Waals surface area contributed by atoms with Crippen LogP contribution in [0.15, 0.2) is 72.9 Å². The number of aromatic nitrogens is 1. The Morgan fingerprint density at radius 2 is 1.48 bits per heavy atom. The second-order valence-electron chi connectivity index (χ2n) is 4.91. The van der Waals surface area contributed by atoms with Crippen molar-refractivity contribution in [1.29, 1.82) is 0 Å². The molecule has 3 rings (SSSR count). The largest absolute Gasteiger partial charge is 0.399 e. The normalized spacial score (nSPS) is 12.0. The van der Waals surface area contributed by atoms with Gasteiger partial charge >= 0.3 is 0 Å². The number of nitrogens with zero attached hydrogens (tertiary/aromatic N) is 1. The molecule has 104 valence electrons. The highest BCUT2D eigenvalue weighted by molar-refractivity contribution is 5.64. The van der Waals surface area contributed by atoms with Gasteiger partial charge in [0.05, 0.1) is 5.69 Å². The molecule has 0 aliphatic carbocycles. The van der Waals surface area contributed by atoms with Crippen LogP contribution in [0.1, 0.15) is 17.4 Å². The van der Waals surface area contributed by atoms with E-state index >= 15 is 0 Å². The maximum Gasteiger partial charge on any atom is 0.121 e. The highest BCUT2D eigenvalue weighted by atomic mass is 16.3. The van der Waals surface area contributed by atoms with Gasteiger partial charge in [-0.05, 0) is 29.3 Å². The zero-order chi connectivity index (χ0) is 14.7. The van der Waals surface area contributed by atoms with E-state index in [-0.39, 0.29) is 0 Å². The van der Waals surface area contributed by atoms with Gasteiger partial charge in [-0.15, -0.1) is 0 Å². The number of anilines is 1. The molecule has 0 bridgehead atoms. The van der Waals surface area contributed by atoms with Crippen molar-refractivity contribution in [2.75, 3.05) is 5.73 Å². The molecule has 1 aromatic heterocycles. The third-order valence-electron chi connectivity index (χ3n) is 3.43. The van der Waals surface area contributed by atoms with Gasteiger partial charge in [0, 0.05) is 17.4 Å². The number of hydrogen-bond donors (Lipinski definition) is 2. The molecule has 2 aromatic carbocycles.